The van der Waals surface area contributed by atoms with Crippen molar-refractivity contribution in [1.29, 1.82) is 0 Å². The van der Waals surface area contributed by atoms with Gasteiger partial charge in [-0.1, -0.05) is 5.21 Å². The quantitative estimate of drug-likeness (QED) is 0.314. The third-order valence-electron chi connectivity index (χ3n) is 0.838. The highest BCUT2D eigenvalue weighted by Crippen LogP contribution is 2.04. The second-order valence-electron chi connectivity index (χ2n) is 1.41. The number of hydrogen-bond acceptors (Lipinski definition) is 3. The molecule has 0 aliphatic rings. The van der Waals surface area contributed by atoms with E-state index in [1.807, 2.05) is 0 Å². The van der Waals surface area contributed by atoms with Crippen LogP contribution in [0.3, 0.4) is 0 Å². The number of aromatic nitrogens is 3. The van der Waals surface area contributed by atoms with Crippen LogP contribution in [0.4, 0.5) is 5.82 Å². The molecule has 0 spiro atoms. The molecule has 0 bridgehead atoms. The maximum atomic E-state index is 7.95. The van der Waals surface area contributed by atoms with Crippen LogP contribution in [0, 0.1) is 0 Å². The molecule has 0 amide bonds. The molecule has 1 aromatic heterocycles. The number of azide groups is 1. The van der Waals surface area contributed by atoms with Crippen LogP contribution < -0.4 is 0 Å². The smallest absolute Gasteiger partial charge is 0.144 e. The van der Waals surface area contributed by atoms with E-state index in [1.165, 1.54) is 10.9 Å². The first-order valence-corrected chi connectivity index (χ1v) is 2.24. The molecule has 1 rings (SSSR count). The number of rotatable bonds is 1. The van der Waals surface area contributed by atoms with Gasteiger partial charge in [0.25, 0.3) is 0 Å². The maximum Gasteiger partial charge on any atom is 0.144 e. The van der Waals surface area contributed by atoms with Crippen LogP contribution in [-0.2, 0) is 7.05 Å². The molecule has 46 valence electrons. The second kappa shape index (κ2) is 2.15. The monoisotopic (exact) mass is 124 g/mol. The molecule has 0 aromatic carbocycles. The van der Waals surface area contributed by atoms with E-state index in [4.69, 9.17) is 5.53 Å². The van der Waals surface area contributed by atoms with Gasteiger partial charge in [-0.25, -0.2) is 4.68 Å². The summed E-state index contributed by atoms with van der Waals surface area (Å²) in [5.41, 5.74) is 7.95. The maximum absolute atomic E-state index is 7.95. The molecule has 9 heavy (non-hydrogen) atoms. The first-order chi connectivity index (χ1) is 4.34. The Labute approximate surface area is 50.7 Å². The molecule has 0 unspecified atom stereocenters. The van der Waals surface area contributed by atoms with Crippen LogP contribution in [-0.4, -0.2) is 15.0 Å². The van der Waals surface area contributed by atoms with Gasteiger partial charge in [-0.05, 0) is 10.6 Å². The predicted molar refractivity (Wildman–Crippen MR) is 29.8 cm³/mol. The van der Waals surface area contributed by atoms with E-state index in [1.54, 1.807) is 7.05 Å². The lowest BCUT2D eigenvalue weighted by molar-refractivity contribution is 0.717. The average molecular weight is 124 g/mol. The molecule has 1 heterocycles. The van der Waals surface area contributed by atoms with Crippen molar-refractivity contribution in [1.82, 2.24) is 15.0 Å². The Morgan fingerprint density at radius 1 is 1.89 bits per heavy atom. The van der Waals surface area contributed by atoms with Crippen LogP contribution in [0.15, 0.2) is 11.3 Å². The minimum Gasteiger partial charge on any atom is -0.246 e. The molecular formula is C3H4N6. The fourth-order valence-electron chi connectivity index (χ4n) is 0.421. The molecule has 0 atom stereocenters. The van der Waals surface area contributed by atoms with Crippen LogP contribution >= 0.6 is 0 Å². The van der Waals surface area contributed by atoms with Crippen molar-refractivity contribution in [2.45, 2.75) is 0 Å². The zero-order chi connectivity index (χ0) is 6.69. The Morgan fingerprint density at radius 3 is 3.11 bits per heavy atom. The lowest BCUT2D eigenvalue weighted by Gasteiger charge is -1.85. The lowest BCUT2D eigenvalue weighted by Crippen LogP contribution is -1.87. The van der Waals surface area contributed by atoms with E-state index < -0.39 is 0 Å². The largest absolute Gasteiger partial charge is 0.246 e. The summed E-state index contributed by atoms with van der Waals surface area (Å²) in [5, 5.41) is 10.3. The number of aryl methyl sites for hydroxylation is 1. The van der Waals surface area contributed by atoms with Crippen LogP contribution in [0.5, 0.6) is 0 Å². The van der Waals surface area contributed by atoms with Crippen LogP contribution in [0.2, 0.25) is 0 Å². The molecule has 6 heteroatoms. The molecule has 6 nitrogen and oxygen atoms in total. The average Bonchev–Trinajstić information content (AvgIpc) is 2.18. The molecule has 0 aliphatic carbocycles. The Hall–Kier alpha value is -1.55. The third-order valence-corrected chi connectivity index (χ3v) is 0.838. The zero-order valence-electron chi connectivity index (χ0n) is 4.76. The fraction of sp³-hybridized carbons (Fsp3) is 0.333. The molecule has 0 N–H and O–H groups in total. The van der Waals surface area contributed by atoms with Crippen molar-refractivity contribution >= 4 is 5.82 Å². The summed E-state index contributed by atoms with van der Waals surface area (Å²) in [6.07, 6.45) is 1.39. The molecular weight excluding hydrogens is 120 g/mol. The Bertz CT molecular complexity index is 243. The first-order valence-electron chi connectivity index (χ1n) is 2.24. The van der Waals surface area contributed by atoms with E-state index in [9.17, 15) is 0 Å². The summed E-state index contributed by atoms with van der Waals surface area (Å²) >= 11 is 0. The van der Waals surface area contributed by atoms with Gasteiger partial charge < -0.3 is 0 Å². The molecule has 0 aliphatic heterocycles. The number of hydrogen-bond donors (Lipinski definition) is 0. The summed E-state index contributed by atoms with van der Waals surface area (Å²) in [7, 11) is 1.65. The van der Waals surface area contributed by atoms with E-state index in [0.29, 0.717) is 5.82 Å². The second-order valence-corrected chi connectivity index (χ2v) is 1.41. The summed E-state index contributed by atoms with van der Waals surface area (Å²) in [4.78, 5) is 2.56. The van der Waals surface area contributed by atoms with E-state index in [2.05, 4.69) is 20.3 Å². The van der Waals surface area contributed by atoms with Gasteiger partial charge in [0, 0.05) is 12.0 Å². The highest BCUT2D eigenvalue weighted by molar-refractivity contribution is 5.20. The molecule has 1 aromatic rings. The van der Waals surface area contributed by atoms with E-state index >= 15 is 0 Å². The first kappa shape index (κ1) is 5.58. The van der Waals surface area contributed by atoms with Crippen LogP contribution in [0.1, 0.15) is 0 Å². The van der Waals surface area contributed by atoms with Crippen molar-refractivity contribution in [3.05, 3.63) is 16.6 Å². The molecule has 0 saturated heterocycles. The Kier molecular flexibility index (Phi) is 1.33. The van der Waals surface area contributed by atoms with Crippen LogP contribution in [0.25, 0.3) is 10.4 Å². The standard InChI is InChI=1S/C3H4N6/c1-9-3(6-7-4)2-5-8-9/h2H,1H3. The Balaban J connectivity index is 3.07. The van der Waals surface area contributed by atoms with E-state index in [0.717, 1.165) is 0 Å². The molecule has 0 fully saturated rings. The fourth-order valence-corrected chi connectivity index (χ4v) is 0.421. The minimum absolute atomic E-state index is 0.414. The van der Waals surface area contributed by atoms with Gasteiger partial charge in [0.05, 0.1) is 6.20 Å². The summed E-state index contributed by atoms with van der Waals surface area (Å²) < 4.78 is 1.39. The summed E-state index contributed by atoms with van der Waals surface area (Å²) in [6.45, 7) is 0. The molecule has 0 saturated carbocycles. The van der Waals surface area contributed by atoms with Gasteiger partial charge >= 0.3 is 0 Å². The van der Waals surface area contributed by atoms with Gasteiger partial charge in [-0.3, -0.25) is 0 Å². The normalized spacial score (nSPS) is 8.56. The van der Waals surface area contributed by atoms with Crippen molar-refractivity contribution in [2.75, 3.05) is 0 Å². The van der Waals surface area contributed by atoms with E-state index in [-0.39, 0.29) is 0 Å². The Morgan fingerprint density at radius 2 is 2.67 bits per heavy atom. The summed E-state index contributed by atoms with van der Waals surface area (Å²) in [6, 6.07) is 0. The zero-order valence-corrected chi connectivity index (χ0v) is 4.76. The highest BCUT2D eigenvalue weighted by atomic mass is 15.4. The van der Waals surface area contributed by atoms with Crippen molar-refractivity contribution in [3.8, 4) is 0 Å². The van der Waals surface area contributed by atoms with Crippen molar-refractivity contribution < 1.29 is 0 Å². The van der Waals surface area contributed by atoms with Gasteiger partial charge in [0.2, 0.25) is 0 Å². The van der Waals surface area contributed by atoms with Gasteiger partial charge in [-0.2, -0.15) is 0 Å². The van der Waals surface area contributed by atoms with Crippen molar-refractivity contribution in [3.63, 3.8) is 0 Å². The van der Waals surface area contributed by atoms with Gasteiger partial charge in [-0.15, -0.1) is 5.10 Å². The van der Waals surface area contributed by atoms with Gasteiger partial charge in [0.1, 0.15) is 5.82 Å². The predicted octanol–water partition coefficient (Wildman–Crippen LogP) is 0.757. The minimum atomic E-state index is 0.414. The molecule has 0 radical (unpaired) electrons. The van der Waals surface area contributed by atoms with Gasteiger partial charge in [0.15, 0.2) is 0 Å². The lowest BCUT2D eigenvalue weighted by atomic mass is 10.8. The summed E-state index contributed by atoms with van der Waals surface area (Å²) in [5.74, 6) is 0.414. The topological polar surface area (TPSA) is 79.5 Å². The van der Waals surface area contributed by atoms with Crippen molar-refractivity contribution in [2.24, 2.45) is 12.2 Å². The SMILES string of the molecule is Cn1nncc1N=[N+]=[N-]. The number of nitrogens with zero attached hydrogens (tertiary/aromatic N) is 6. The highest BCUT2D eigenvalue weighted by Gasteiger charge is 1.91. The third kappa shape index (κ3) is 0.974.